The van der Waals surface area contributed by atoms with Gasteiger partial charge >= 0.3 is 0 Å². The molecule has 1 fully saturated rings. The van der Waals surface area contributed by atoms with Crippen molar-refractivity contribution in [1.29, 1.82) is 0 Å². The summed E-state index contributed by atoms with van der Waals surface area (Å²) in [5.41, 5.74) is 3.24. The minimum absolute atomic E-state index is 0.0590. The molecule has 7 heteroatoms. The van der Waals surface area contributed by atoms with Crippen molar-refractivity contribution in [3.05, 3.63) is 59.1 Å². The Hall–Kier alpha value is -2.15. The van der Waals surface area contributed by atoms with Gasteiger partial charge in [0.1, 0.15) is 0 Å². The Kier molecular flexibility index (Phi) is 7.86. The number of amides is 1. The lowest BCUT2D eigenvalue weighted by Gasteiger charge is -2.36. The fourth-order valence-corrected chi connectivity index (χ4v) is 3.79. The fourth-order valence-electron chi connectivity index (χ4n) is 3.37. The number of hydrogen-bond donors (Lipinski definition) is 2. The van der Waals surface area contributed by atoms with E-state index in [-0.39, 0.29) is 5.91 Å². The van der Waals surface area contributed by atoms with Crippen LogP contribution in [0.2, 0.25) is 5.02 Å². The highest BCUT2D eigenvalue weighted by atomic mass is 35.5. The van der Waals surface area contributed by atoms with E-state index in [1.807, 2.05) is 37.3 Å². The zero-order valence-electron chi connectivity index (χ0n) is 16.7. The van der Waals surface area contributed by atoms with Gasteiger partial charge in [0.25, 0.3) is 0 Å². The summed E-state index contributed by atoms with van der Waals surface area (Å²) in [4.78, 5) is 16.4. The number of rotatable bonds is 6. The van der Waals surface area contributed by atoms with Crippen LogP contribution in [-0.2, 0) is 11.3 Å². The van der Waals surface area contributed by atoms with Crippen molar-refractivity contribution in [2.45, 2.75) is 26.3 Å². The normalized spacial score (nSPS) is 14.5. The molecule has 3 rings (SSSR count). The van der Waals surface area contributed by atoms with Crippen LogP contribution in [0.25, 0.3) is 0 Å². The minimum atomic E-state index is -0.0590. The van der Waals surface area contributed by atoms with Crippen LogP contribution < -0.4 is 15.5 Å². The summed E-state index contributed by atoms with van der Waals surface area (Å²) in [6, 6.07) is 16.2. The lowest BCUT2D eigenvalue weighted by atomic mass is 10.2. The second-order valence-electron chi connectivity index (χ2n) is 7.15. The van der Waals surface area contributed by atoms with Gasteiger partial charge < -0.3 is 15.5 Å². The molecular formula is C22H27ClN4OS. The molecule has 0 radical (unpaired) electrons. The standard InChI is InChI=1S/C22H27ClN4OS/c1-2-5-21(28)25-22(29)24-18-8-10-19(11-9-18)27-14-12-26(13-15-27)16-17-6-3-4-7-20(17)23/h3-4,6-11H,2,5,12-16H2,1H3,(H2,24,25,28,29). The molecular weight excluding hydrogens is 404 g/mol. The van der Waals surface area contributed by atoms with Gasteiger partial charge in [0.05, 0.1) is 0 Å². The Balaban J connectivity index is 1.48. The number of thiocarbonyl (C=S) groups is 1. The first-order valence-corrected chi connectivity index (χ1v) is 10.8. The maximum Gasteiger partial charge on any atom is 0.226 e. The van der Waals surface area contributed by atoms with Gasteiger partial charge in [0, 0.05) is 55.5 Å². The molecule has 0 unspecified atom stereocenters. The first-order chi connectivity index (χ1) is 14.0. The number of hydrogen-bond acceptors (Lipinski definition) is 4. The van der Waals surface area contributed by atoms with Crippen molar-refractivity contribution in [1.82, 2.24) is 10.2 Å². The molecule has 1 aliphatic heterocycles. The van der Waals surface area contributed by atoms with E-state index in [0.29, 0.717) is 11.5 Å². The van der Waals surface area contributed by atoms with Crippen molar-refractivity contribution >= 4 is 46.2 Å². The molecule has 0 aliphatic carbocycles. The SMILES string of the molecule is CCCC(=O)NC(=S)Nc1ccc(N2CCN(Cc3ccccc3Cl)CC2)cc1. The van der Waals surface area contributed by atoms with E-state index in [2.05, 4.69) is 38.6 Å². The Morgan fingerprint density at radius 2 is 1.76 bits per heavy atom. The van der Waals surface area contributed by atoms with Crippen LogP contribution in [0.1, 0.15) is 25.3 Å². The average Bonchev–Trinajstić information content (AvgIpc) is 2.71. The highest BCUT2D eigenvalue weighted by Gasteiger charge is 2.18. The molecule has 29 heavy (non-hydrogen) atoms. The summed E-state index contributed by atoms with van der Waals surface area (Å²) in [7, 11) is 0. The van der Waals surface area contributed by atoms with Crippen LogP contribution in [0.15, 0.2) is 48.5 Å². The lowest BCUT2D eigenvalue weighted by molar-refractivity contribution is -0.119. The largest absolute Gasteiger partial charge is 0.369 e. The third-order valence-corrected chi connectivity index (χ3v) is 5.52. The van der Waals surface area contributed by atoms with Gasteiger partial charge in [-0.3, -0.25) is 9.69 Å². The zero-order chi connectivity index (χ0) is 20.6. The Morgan fingerprint density at radius 3 is 2.41 bits per heavy atom. The quantitative estimate of drug-likeness (QED) is 0.670. The van der Waals surface area contributed by atoms with Crippen LogP contribution in [-0.4, -0.2) is 42.1 Å². The van der Waals surface area contributed by atoms with Gasteiger partial charge in [0.2, 0.25) is 5.91 Å². The molecule has 5 nitrogen and oxygen atoms in total. The third kappa shape index (κ3) is 6.42. The van der Waals surface area contributed by atoms with Crippen LogP contribution in [0, 0.1) is 0 Å². The Labute approximate surface area is 183 Å². The Bertz CT molecular complexity index is 835. The number of anilines is 2. The van der Waals surface area contributed by atoms with Crippen molar-refractivity contribution < 1.29 is 4.79 Å². The molecule has 1 amide bonds. The summed E-state index contributed by atoms with van der Waals surface area (Å²) < 4.78 is 0. The number of nitrogens with one attached hydrogen (secondary N) is 2. The molecule has 0 bridgehead atoms. The molecule has 0 aromatic heterocycles. The predicted octanol–water partition coefficient (Wildman–Crippen LogP) is 4.28. The van der Waals surface area contributed by atoms with Crippen LogP contribution in [0.3, 0.4) is 0 Å². The van der Waals surface area contributed by atoms with E-state index in [4.69, 9.17) is 23.8 Å². The second-order valence-corrected chi connectivity index (χ2v) is 7.97. The molecule has 2 aromatic rings. The first kappa shape index (κ1) is 21.6. The molecule has 1 saturated heterocycles. The Morgan fingerprint density at radius 1 is 1.07 bits per heavy atom. The summed E-state index contributed by atoms with van der Waals surface area (Å²) >= 11 is 11.5. The number of carbonyl (C=O) groups is 1. The minimum Gasteiger partial charge on any atom is -0.369 e. The molecule has 2 N–H and O–H groups in total. The van der Waals surface area contributed by atoms with Gasteiger partial charge in [-0.25, -0.2) is 0 Å². The summed E-state index contributed by atoms with van der Waals surface area (Å²) in [5, 5.41) is 6.93. The summed E-state index contributed by atoms with van der Waals surface area (Å²) in [6.45, 7) is 6.80. The molecule has 0 spiro atoms. The maximum absolute atomic E-state index is 11.6. The van der Waals surface area contributed by atoms with Crippen LogP contribution in [0.5, 0.6) is 0 Å². The molecule has 0 saturated carbocycles. The van der Waals surface area contributed by atoms with Gasteiger partial charge in [0.15, 0.2) is 5.11 Å². The molecule has 1 heterocycles. The number of halogens is 1. The maximum atomic E-state index is 11.6. The number of nitrogens with zero attached hydrogens (tertiary/aromatic N) is 2. The van der Waals surface area contributed by atoms with Gasteiger partial charge in [-0.05, 0) is 54.5 Å². The first-order valence-electron chi connectivity index (χ1n) is 9.96. The predicted molar refractivity (Wildman–Crippen MR) is 125 cm³/mol. The lowest BCUT2D eigenvalue weighted by Crippen LogP contribution is -2.46. The zero-order valence-corrected chi connectivity index (χ0v) is 18.2. The second kappa shape index (κ2) is 10.6. The van der Waals surface area contributed by atoms with E-state index < -0.39 is 0 Å². The van der Waals surface area contributed by atoms with E-state index in [0.717, 1.165) is 49.9 Å². The van der Waals surface area contributed by atoms with E-state index in [9.17, 15) is 4.79 Å². The summed E-state index contributed by atoms with van der Waals surface area (Å²) in [5.74, 6) is -0.0590. The molecule has 1 aliphatic rings. The topological polar surface area (TPSA) is 47.6 Å². The molecule has 2 aromatic carbocycles. The van der Waals surface area contributed by atoms with E-state index >= 15 is 0 Å². The van der Waals surface area contributed by atoms with Gasteiger partial charge in [-0.1, -0.05) is 36.7 Å². The van der Waals surface area contributed by atoms with Crippen molar-refractivity contribution in [2.24, 2.45) is 0 Å². The van der Waals surface area contributed by atoms with Crippen molar-refractivity contribution in [2.75, 3.05) is 36.4 Å². The van der Waals surface area contributed by atoms with Gasteiger partial charge in [-0.2, -0.15) is 0 Å². The number of piperazine rings is 1. The smallest absolute Gasteiger partial charge is 0.226 e. The van der Waals surface area contributed by atoms with E-state index in [1.54, 1.807) is 0 Å². The number of benzene rings is 2. The fraction of sp³-hybridized carbons (Fsp3) is 0.364. The van der Waals surface area contributed by atoms with Crippen LogP contribution >= 0.6 is 23.8 Å². The van der Waals surface area contributed by atoms with Crippen molar-refractivity contribution in [3.8, 4) is 0 Å². The van der Waals surface area contributed by atoms with Crippen molar-refractivity contribution in [3.63, 3.8) is 0 Å². The molecule has 154 valence electrons. The highest BCUT2D eigenvalue weighted by molar-refractivity contribution is 7.80. The average molecular weight is 431 g/mol. The van der Waals surface area contributed by atoms with Gasteiger partial charge in [-0.15, -0.1) is 0 Å². The number of carbonyl (C=O) groups excluding carboxylic acids is 1. The van der Waals surface area contributed by atoms with E-state index in [1.165, 1.54) is 11.3 Å². The van der Waals surface area contributed by atoms with Crippen LogP contribution in [0.4, 0.5) is 11.4 Å². The monoisotopic (exact) mass is 430 g/mol. The summed E-state index contributed by atoms with van der Waals surface area (Å²) in [6.07, 6.45) is 1.28. The third-order valence-electron chi connectivity index (χ3n) is 4.94. The highest BCUT2D eigenvalue weighted by Crippen LogP contribution is 2.22. The molecule has 0 atom stereocenters.